The SMILES string of the molecule is O=C(C=C(O)c1nc[nH]n1)c1coc(Oc2ccccc2)c1. The van der Waals surface area contributed by atoms with Crippen LogP contribution in [0.25, 0.3) is 5.76 Å². The monoisotopic (exact) mass is 297 g/mol. The summed E-state index contributed by atoms with van der Waals surface area (Å²) in [4.78, 5) is 15.7. The second-order valence-electron chi connectivity index (χ2n) is 4.29. The van der Waals surface area contributed by atoms with Crippen molar-refractivity contribution in [2.45, 2.75) is 0 Å². The smallest absolute Gasteiger partial charge is 0.290 e. The summed E-state index contributed by atoms with van der Waals surface area (Å²) in [5.41, 5.74) is 0.244. The molecule has 22 heavy (non-hydrogen) atoms. The number of allylic oxidation sites excluding steroid dienone is 1. The number of carbonyl (C=O) groups is 1. The lowest BCUT2D eigenvalue weighted by Gasteiger charge is -1.99. The molecule has 0 aliphatic rings. The molecule has 0 amide bonds. The minimum Gasteiger partial charge on any atom is -0.504 e. The number of nitrogens with one attached hydrogen (secondary N) is 1. The fourth-order valence-electron chi connectivity index (χ4n) is 1.71. The van der Waals surface area contributed by atoms with Gasteiger partial charge in [-0.2, -0.15) is 5.10 Å². The number of rotatable bonds is 5. The number of benzene rings is 1. The Bertz CT molecular complexity index is 791. The highest BCUT2D eigenvalue weighted by Gasteiger charge is 2.12. The number of aromatic nitrogens is 3. The Kier molecular flexibility index (Phi) is 3.69. The highest BCUT2D eigenvalue weighted by atomic mass is 16.6. The van der Waals surface area contributed by atoms with Gasteiger partial charge in [0.05, 0.1) is 5.56 Å². The van der Waals surface area contributed by atoms with E-state index in [0.29, 0.717) is 5.75 Å². The number of furan rings is 1. The largest absolute Gasteiger partial charge is 0.504 e. The van der Waals surface area contributed by atoms with E-state index >= 15 is 0 Å². The normalized spacial score (nSPS) is 11.4. The summed E-state index contributed by atoms with van der Waals surface area (Å²) in [5.74, 6) is 0.0276. The minimum absolute atomic E-state index is 0.0394. The predicted octanol–water partition coefficient (Wildman–Crippen LogP) is 2.97. The Labute approximate surface area is 124 Å². The number of carbonyl (C=O) groups excluding carboxylic acids is 1. The maximum Gasteiger partial charge on any atom is 0.290 e. The number of aliphatic hydroxyl groups excluding tert-OH is 1. The van der Waals surface area contributed by atoms with Crippen LogP contribution >= 0.6 is 0 Å². The van der Waals surface area contributed by atoms with Crippen LogP contribution in [0.2, 0.25) is 0 Å². The lowest BCUT2D eigenvalue weighted by molar-refractivity contribution is 0.104. The average Bonchev–Trinajstić information content (AvgIpc) is 3.19. The molecule has 0 bridgehead atoms. The van der Waals surface area contributed by atoms with Gasteiger partial charge in [0.2, 0.25) is 5.82 Å². The molecule has 7 heteroatoms. The predicted molar refractivity (Wildman–Crippen MR) is 76.5 cm³/mol. The van der Waals surface area contributed by atoms with Gasteiger partial charge in [0.1, 0.15) is 18.3 Å². The molecule has 0 saturated heterocycles. The van der Waals surface area contributed by atoms with E-state index < -0.39 is 5.78 Å². The number of aliphatic hydroxyl groups is 1. The van der Waals surface area contributed by atoms with E-state index in [9.17, 15) is 9.90 Å². The van der Waals surface area contributed by atoms with Crippen LogP contribution in [-0.4, -0.2) is 26.1 Å². The number of ether oxygens (including phenoxy) is 1. The van der Waals surface area contributed by atoms with Gasteiger partial charge in [-0.25, -0.2) is 4.98 Å². The number of ketones is 1. The Morgan fingerprint density at radius 2 is 2.14 bits per heavy atom. The van der Waals surface area contributed by atoms with E-state index in [2.05, 4.69) is 15.2 Å². The number of nitrogens with zero attached hydrogens (tertiary/aromatic N) is 2. The van der Waals surface area contributed by atoms with E-state index in [1.807, 2.05) is 18.2 Å². The topological polar surface area (TPSA) is 101 Å². The highest BCUT2D eigenvalue weighted by Crippen LogP contribution is 2.24. The summed E-state index contributed by atoms with van der Waals surface area (Å²) in [6.07, 6.45) is 3.57. The van der Waals surface area contributed by atoms with Gasteiger partial charge >= 0.3 is 0 Å². The zero-order valence-electron chi connectivity index (χ0n) is 11.3. The second-order valence-corrected chi connectivity index (χ2v) is 4.29. The van der Waals surface area contributed by atoms with Crippen molar-refractivity contribution in [3.8, 4) is 11.7 Å². The van der Waals surface area contributed by atoms with Gasteiger partial charge in [-0.15, -0.1) is 0 Å². The molecule has 1 aromatic carbocycles. The average molecular weight is 297 g/mol. The van der Waals surface area contributed by atoms with E-state index in [-0.39, 0.29) is 23.1 Å². The van der Waals surface area contributed by atoms with Gasteiger partial charge < -0.3 is 14.3 Å². The van der Waals surface area contributed by atoms with Crippen LogP contribution in [0.5, 0.6) is 11.7 Å². The number of para-hydroxylation sites is 1. The van der Waals surface area contributed by atoms with Crippen LogP contribution < -0.4 is 4.74 Å². The Hall–Kier alpha value is -3.35. The van der Waals surface area contributed by atoms with Crippen molar-refractivity contribution in [2.24, 2.45) is 0 Å². The maximum atomic E-state index is 12.0. The van der Waals surface area contributed by atoms with E-state index in [0.717, 1.165) is 6.08 Å². The van der Waals surface area contributed by atoms with Gasteiger partial charge in [0.25, 0.3) is 5.95 Å². The lowest BCUT2D eigenvalue weighted by Crippen LogP contribution is -1.95. The first-order valence-electron chi connectivity index (χ1n) is 6.35. The molecule has 3 rings (SSSR count). The maximum absolute atomic E-state index is 12.0. The van der Waals surface area contributed by atoms with Crippen molar-refractivity contribution in [3.05, 3.63) is 66.5 Å². The van der Waals surface area contributed by atoms with Gasteiger partial charge in [-0.1, -0.05) is 18.2 Å². The van der Waals surface area contributed by atoms with Crippen LogP contribution in [0.4, 0.5) is 0 Å². The Morgan fingerprint density at radius 3 is 2.86 bits per heavy atom. The summed E-state index contributed by atoms with van der Waals surface area (Å²) in [6, 6.07) is 10.5. The third-order valence-electron chi connectivity index (χ3n) is 2.73. The molecule has 2 heterocycles. The van der Waals surface area contributed by atoms with Crippen LogP contribution in [0.3, 0.4) is 0 Å². The fraction of sp³-hybridized carbons (Fsp3) is 0. The van der Waals surface area contributed by atoms with Crippen LogP contribution in [0.1, 0.15) is 16.2 Å². The van der Waals surface area contributed by atoms with Crippen molar-refractivity contribution >= 4 is 11.5 Å². The van der Waals surface area contributed by atoms with Crippen LogP contribution in [0.15, 0.2) is 59.5 Å². The molecular weight excluding hydrogens is 286 g/mol. The summed E-state index contributed by atoms with van der Waals surface area (Å²) >= 11 is 0. The van der Waals surface area contributed by atoms with Crippen molar-refractivity contribution in [1.82, 2.24) is 15.2 Å². The summed E-state index contributed by atoms with van der Waals surface area (Å²) in [6.45, 7) is 0. The molecule has 110 valence electrons. The van der Waals surface area contributed by atoms with Gasteiger partial charge in [-0.3, -0.25) is 9.89 Å². The molecule has 0 fully saturated rings. The molecule has 7 nitrogen and oxygen atoms in total. The fourth-order valence-corrected chi connectivity index (χ4v) is 1.71. The Morgan fingerprint density at radius 1 is 1.32 bits per heavy atom. The van der Waals surface area contributed by atoms with Crippen molar-refractivity contribution in [3.63, 3.8) is 0 Å². The first-order valence-corrected chi connectivity index (χ1v) is 6.35. The van der Waals surface area contributed by atoms with E-state index in [4.69, 9.17) is 9.15 Å². The van der Waals surface area contributed by atoms with Crippen LogP contribution in [-0.2, 0) is 0 Å². The summed E-state index contributed by atoms with van der Waals surface area (Å²) < 4.78 is 10.6. The number of aromatic amines is 1. The standard InChI is InChI=1S/C15H11N3O4/c19-12(7-13(20)15-16-9-17-18-15)10-6-14(21-8-10)22-11-4-2-1-3-5-11/h1-9,20H,(H,16,17,18). The number of hydrogen-bond acceptors (Lipinski definition) is 6. The third-order valence-corrected chi connectivity index (χ3v) is 2.73. The van der Waals surface area contributed by atoms with Crippen molar-refractivity contribution in [2.75, 3.05) is 0 Å². The van der Waals surface area contributed by atoms with Crippen molar-refractivity contribution < 1.29 is 19.1 Å². The molecule has 0 atom stereocenters. The molecule has 0 aliphatic heterocycles. The van der Waals surface area contributed by atoms with Crippen LogP contribution in [0, 0.1) is 0 Å². The Balaban J connectivity index is 1.73. The molecular formula is C15H11N3O4. The quantitative estimate of drug-likeness (QED) is 0.426. The lowest BCUT2D eigenvalue weighted by atomic mass is 10.2. The molecule has 2 aromatic heterocycles. The first-order chi connectivity index (χ1) is 10.7. The second kappa shape index (κ2) is 5.96. The third kappa shape index (κ3) is 3.04. The zero-order chi connectivity index (χ0) is 15.4. The summed E-state index contributed by atoms with van der Waals surface area (Å²) in [5, 5.41) is 15.8. The molecule has 0 spiro atoms. The molecule has 0 aliphatic carbocycles. The summed E-state index contributed by atoms with van der Waals surface area (Å²) in [7, 11) is 0. The van der Waals surface area contributed by atoms with Gasteiger partial charge in [0.15, 0.2) is 11.5 Å². The number of H-pyrrole nitrogens is 1. The molecule has 0 saturated carbocycles. The first kappa shape index (κ1) is 13.6. The molecule has 2 N–H and O–H groups in total. The number of hydrogen-bond donors (Lipinski definition) is 2. The van der Waals surface area contributed by atoms with Gasteiger partial charge in [-0.05, 0) is 12.1 Å². The molecule has 3 aromatic rings. The van der Waals surface area contributed by atoms with E-state index in [1.165, 1.54) is 18.7 Å². The molecule has 0 unspecified atom stereocenters. The van der Waals surface area contributed by atoms with Gasteiger partial charge in [0, 0.05) is 12.1 Å². The van der Waals surface area contributed by atoms with E-state index in [1.54, 1.807) is 12.1 Å². The molecule has 0 radical (unpaired) electrons. The highest BCUT2D eigenvalue weighted by molar-refractivity contribution is 6.07. The van der Waals surface area contributed by atoms with Crippen molar-refractivity contribution in [1.29, 1.82) is 0 Å². The minimum atomic E-state index is -0.450. The zero-order valence-corrected chi connectivity index (χ0v) is 11.3.